The Morgan fingerprint density at radius 2 is 1.62 bits per heavy atom. The Morgan fingerprint density at radius 1 is 0.962 bits per heavy atom. The predicted octanol–water partition coefficient (Wildman–Crippen LogP) is 2.25. The molecular weight excluding hydrogens is 328 g/mol. The molecule has 1 aliphatic carbocycles. The predicted molar refractivity (Wildman–Crippen MR) is 102 cm³/mol. The summed E-state index contributed by atoms with van der Waals surface area (Å²) in [6, 6.07) is 4.22. The number of pyridine rings is 1. The van der Waals surface area contributed by atoms with Gasteiger partial charge in [-0.1, -0.05) is 25.7 Å². The molecule has 0 unspecified atom stereocenters. The normalized spacial score (nSPS) is 19.6. The molecule has 142 valence electrons. The second-order valence-corrected chi connectivity index (χ2v) is 7.51. The van der Waals surface area contributed by atoms with Crippen molar-refractivity contribution in [2.45, 2.75) is 57.4 Å². The summed E-state index contributed by atoms with van der Waals surface area (Å²) >= 11 is 0. The molecule has 26 heavy (non-hydrogen) atoms. The van der Waals surface area contributed by atoms with Gasteiger partial charge in [0.05, 0.1) is 0 Å². The summed E-state index contributed by atoms with van der Waals surface area (Å²) in [6.45, 7) is 2.53. The summed E-state index contributed by atoms with van der Waals surface area (Å²) < 4.78 is 0. The van der Waals surface area contributed by atoms with Crippen molar-refractivity contribution in [1.82, 2.24) is 15.6 Å². The summed E-state index contributed by atoms with van der Waals surface area (Å²) in [4.78, 5) is 30.6. The van der Waals surface area contributed by atoms with E-state index in [0.717, 1.165) is 51.6 Å². The van der Waals surface area contributed by atoms with E-state index in [1.54, 1.807) is 0 Å². The molecule has 3 rings (SSSR count). The Morgan fingerprint density at radius 3 is 2.27 bits per heavy atom. The smallest absolute Gasteiger partial charge is 0.309 e. The number of aromatic nitrogens is 1. The SMILES string of the molecule is O=C(NCC1CCN(c2ccncc2)CC1)C(=O)NC1CCCCCC1. The van der Waals surface area contributed by atoms with Gasteiger partial charge in [0, 0.05) is 43.8 Å². The summed E-state index contributed by atoms with van der Waals surface area (Å²) in [5.74, 6) is -0.514. The molecular formula is C20H30N4O2. The summed E-state index contributed by atoms with van der Waals surface area (Å²) in [5.41, 5.74) is 1.20. The van der Waals surface area contributed by atoms with Gasteiger partial charge in [-0.25, -0.2) is 0 Å². The van der Waals surface area contributed by atoms with Crippen LogP contribution in [0.25, 0.3) is 0 Å². The van der Waals surface area contributed by atoms with Crippen molar-refractivity contribution in [3.05, 3.63) is 24.5 Å². The molecule has 2 N–H and O–H groups in total. The quantitative estimate of drug-likeness (QED) is 0.639. The number of rotatable bonds is 4. The molecule has 0 aromatic carbocycles. The maximum Gasteiger partial charge on any atom is 0.309 e. The number of carbonyl (C=O) groups excluding carboxylic acids is 2. The van der Waals surface area contributed by atoms with E-state index in [-0.39, 0.29) is 6.04 Å². The molecule has 6 nitrogen and oxygen atoms in total. The number of nitrogens with one attached hydrogen (secondary N) is 2. The zero-order valence-electron chi connectivity index (χ0n) is 15.5. The first-order chi connectivity index (χ1) is 12.7. The van der Waals surface area contributed by atoms with Crippen LogP contribution in [0.3, 0.4) is 0 Å². The fraction of sp³-hybridized carbons (Fsp3) is 0.650. The van der Waals surface area contributed by atoms with Crippen molar-refractivity contribution in [2.75, 3.05) is 24.5 Å². The second-order valence-electron chi connectivity index (χ2n) is 7.51. The van der Waals surface area contributed by atoms with E-state index in [1.165, 1.54) is 18.5 Å². The average molecular weight is 358 g/mol. The van der Waals surface area contributed by atoms with E-state index in [1.807, 2.05) is 24.5 Å². The first-order valence-electron chi connectivity index (χ1n) is 9.96. The Balaban J connectivity index is 1.36. The van der Waals surface area contributed by atoms with Crippen molar-refractivity contribution < 1.29 is 9.59 Å². The van der Waals surface area contributed by atoms with Crippen LogP contribution in [0.15, 0.2) is 24.5 Å². The van der Waals surface area contributed by atoms with E-state index in [0.29, 0.717) is 12.5 Å². The number of hydrogen-bond donors (Lipinski definition) is 2. The lowest BCUT2D eigenvalue weighted by Gasteiger charge is -2.33. The highest BCUT2D eigenvalue weighted by molar-refractivity contribution is 6.35. The van der Waals surface area contributed by atoms with Gasteiger partial charge in [0.2, 0.25) is 0 Å². The van der Waals surface area contributed by atoms with Crippen LogP contribution in [0.4, 0.5) is 5.69 Å². The number of anilines is 1. The Bertz CT molecular complexity index is 577. The van der Waals surface area contributed by atoms with E-state index >= 15 is 0 Å². The summed E-state index contributed by atoms with van der Waals surface area (Å²) in [7, 11) is 0. The lowest BCUT2D eigenvalue weighted by atomic mass is 9.96. The van der Waals surface area contributed by atoms with Gasteiger partial charge >= 0.3 is 11.8 Å². The molecule has 2 aliphatic rings. The molecule has 0 radical (unpaired) electrons. The second kappa shape index (κ2) is 9.55. The van der Waals surface area contributed by atoms with Gasteiger partial charge in [-0.2, -0.15) is 0 Å². The molecule has 1 aliphatic heterocycles. The van der Waals surface area contributed by atoms with Gasteiger partial charge in [0.25, 0.3) is 0 Å². The van der Waals surface area contributed by atoms with Gasteiger partial charge in [0.1, 0.15) is 0 Å². The van der Waals surface area contributed by atoms with Crippen LogP contribution < -0.4 is 15.5 Å². The van der Waals surface area contributed by atoms with Gasteiger partial charge in [0.15, 0.2) is 0 Å². The van der Waals surface area contributed by atoms with Crippen molar-refractivity contribution in [2.24, 2.45) is 5.92 Å². The van der Waals surface area contributed by atoms with Crippen LogP contribution in [-0.2, 0) is 9.59 Å². The topological polar surface area (TPSA) is 74.3 Å². The van der Waals surface area contributed by atoms with E-state index in [9.17, 15) is 9.59 Å². The maximum atomic E-state index is 12.1. The minimum absolute atomic E-state index is 0.166. The third kappa shape index (κ3) is 5.44. The molecule has 1 aromatic rings. The number of amides is 2. The largest absolute Gasteiger partial charge is 0.371 e. The fourth-order valence-corrected chi connectivity index (χ4v) is 3.94. The molecule has 0 bridgehead atoms. The highest BCUT2D eigenvalue weighted by Gasteiger charge is 2.23. The van der Waals surface area contributed by atoms with Crippen molar-refractivity contribution in [1.29, 1.82) is 0 Å². The summed E-state index contributed by atoms with van der Waals surface area (Å²) in [6.07, 6.45) is 12.4. The minimum Gasteiger partial charge on any atom is -0.371 e. The zero-order valence-corrected chi connectivity index (χ0v) is 15.5. The third-order valence-electron chi connectivity index (χ3n) is 5.59. The standard InChI is InChI=1S/C20H30N4O2/c25-19(20(26)23-17-5-3-1-2-4-6-17)22-15-16-9-13-24(14-10-16)18-7-11-21-12-8-18/h7-8,11-12,16-17H,1-6,9-10,13-15H2,(H,22,25)(H,23,26). The van der Waals surface area contributed by atoms with Gasteiger partial charge in [-0.3, -0.25) is 14.6 Å². The number of piperidine rings is 1. The Labute approximate surface area is 155 Å². The molecule has 6 heteroatoms. The Kier molecular flexibility index (Phi) is 6.86. The number of hydrogen-bond acceptors (Lipinski definition) is 4. The van der Waals surface area contributed by atoms with Gasteiger partial charge < -0.3 is 15.5 Å². The molecule has 0 spiro atoms. The van der Waals surface area contributed by atoms with Crippen molar-refractivity contribution >= 4 is 17.5 Å². The van der Waals surface area contributed by atoms with Gasteiger partial charge in [-0.15, -0.1) is 0 Å². The van der Waals surface area contributed by atoms with Crippen LogP contribution in [-0.4, -0.2) is 42.5 Å². The van der Waals surface area contributed by atoms with Crippen LogP contribution in [0.2, 0.25) is 0 Å². The minimum atomic E-state index is -0.481. The van der Waals surface area contributed by atoms with E-state index in [4.69, 9.17) is 0 Å². The fourth-order valence-electron chi connectivity index (χ4n) is 3.94. The van der Waals surface area contributed by atoms with Crippen LogP contribution >= 0.6 is 0 Å². The van der Waals surface area contributed by atoms with Gasteiger partial charge in [-0.05, 0) is 43.7 Å². The van der Waals surface area contributed by atoms with Crippen molar-refractivity contribution in [3.63, 3.8) is 0 Å². The van der Waals surface area contributed by atoms with Crippen molar-refractivity contribution in [3.8, 4) is 0 Å². The molecule has 1 saturated heterocycles. The van der Waals surface area contributed by atoms with Crippen LogP contribution in [0.1, 0.15) is 51.4 Å². The third-order valence-corrected chi connectivity index (χ3v) is 5.59. The van der Waals surface area contributed by atoms with E-state index < -0.39 is 11.8 Å². The van der Waals surface area contributed by atoms with Crippen LogP contribution in [0, 0.1) is 5.92 Å². The molecule has 1 saturated carbocycles. The molecule has 2 amide bonds. The molecule has 2 fully saturated rings. The zero-order chi connectivity index (χ0) is 18.2. The monoisotopic (exact) mass is 358 g/mol. The van der Waals surface area contributed by atoms with Crippen LogP contribution in [0.5, 0.6) is 0 Å². The lowest BCUT2D eigenvalue weighted by molar-refractivity contribution is -0.139. The maximum absolute atomic E-state index is 12.1. The number of carbonyl (C=O) groups is 2. The lowest BCUT2D eigenvalue weighted by Crippen LogP contribution is -2.46. The number of nitrogens with zero attached hydrogens (tertiary/aromatic N) is 2. The molecule has 0 atom stereocenters. The summed E-state index contributed by atoms with van der Waals surface area (Å²) in [5, 5.41) is 5.74. The average Bonchev–Trinajstić information content (AvgIpc) is 2.96. The van der Waals surface area contributed by atoms with E-state index in [2.05, 4.69) is 20.5 Å². The molecule has 2 heterocycles. The first-order valence-corrected chi connectivity index (χ1v) is 9.96. The Hall–Kier alpha value is -2.11. The molecule has 1 aromatic heterocycles. The highest BCUT2D eigenvalue weighted by atomic mass is 16.2. The highest BCUT2D eigenvalue weighted by Crippen LogP contribution is 2.22. The first kappa shape index (κ1) is 18.7.